The first-order chi connectivity index (χ1) is 6.70. The minimum absolute atomic E-state index is 0.157. The summed E-state index contributed by atoms with van der Waals surface area (Å²) in [5.41, 5.74) is 5.78. The van der Waals surface area contributed by atoms with Gasteiger partial charge in [-0.1, -0.05) is 11.6 Å². The van der Waals surface area contributed by atoms with E-state index in [1.807, 2.05) is 0 Å². The fraction of sp³-hybridized carbons (Fsp3) is 0.667. The lowest BCUT2D eigenvalue weighted by Gasteiger charge is -2.19. The Balaban J connectivity index is 2.17. The van der Waals surface area contributed by atoms with Crippen molar-refractivity contribution in [3.05, 3.63) is 11.2 Å². The van der Waals surface area contributed by atoms with Crippen molar-refractivity contribution in [1.82, 2.24) is 9.78 Å². The van der Waals surface area contributed by atoms with E-state index in [9.17, 15) is 0 Å². The molecule has 0 spiro atoms. The lowest BCUT2D eigenvalue weighted by molar-refractivity contribution is 0.0699. The van der Waals surface area contributed by atoms with Crippen LogP contribution in [0.2, 0.25) is 5.02 Å². The highest BCUT2D eigenvalue weighted by atomic mass is 35.5. The summed E-state index contributed by atoms with van der Waals surface area (Å²) in [6.45, 7) is 2.89. The van der Waals surface area contributed by atoms with Gasteiger partial charge in [0, 0.05) is 6.61 Å². The molecule has 1 saturated heterocycles. The van der Waals surface area contributed by atoms with Crippen LogP contribution in [-0.2, 0) is 4.74 Å². The van der Waals surface area contributed by atoms with Crippen LogP contribution in [0.1, 0.15) is 25.8 Å². The molecule has 4 nitrogen and oxygen atoms in total. The van der Waals surface area contributed by atoms with Crippen molar-refractivity contribution < 1.29 is 4.74 Å². The standard InChI is InChI=1S/C9H14ClN3O/c1-6(8-3-2-4-14-8)13-9(11)7(10)5-12-13/h5-6,8H,2-4,11H2,1H3. The smallest absolute Gasteiger partial charge is 0.141 e. The molecule has 2 N–H and O–H groups in total. The Morgan fingerprint density at radius 2 is 2.57 bits per heavy atom. The fourth-order valence-electron chi connectivity index (χ4n) is 1.82. The topological polar surface area (TPSA) is 53.1 Å². The summed E-state index contributed by atoms with van der Waals surface area (Å²) < 4.78 is 7.31. The number of anilines is 1. The highest BCUT2D eigenvalue weighted by molar-refractivity contribution is 6.32. The summed E-state index contributed by atoms with van der Waals surface area (Å²) in [4.78, 5) is 0. The lowest BCUT2D eigenvalue weighted by Crippen LogP contribution is -2.23. The quantitative estimate of drug-likeness (QED) is 0.820. The van der Waals surface area contributed by atoms with Crippen molar-refractivity contribution in [2.75, 3.05) is 12.3 Å². The van der Waals surface area contributed by atoms with Crippen molar-refractivity contribution >= 4 is 17.4 Å². The fourth-order valence-corrected chi connectivity index (χ4v) is 1.95. The third-order valence-electron chi connectivity index (χ3n) is 2.68. The van der Waals surface area contributed by atoms with Crippen molar-refractivity contribution in [1.29, 1.82) is 0 Å². The van der Waals surface area contributed by atoms with Crippen LogP contribution in [-0.4, -0.2) is 22.5 Å². The van der Waals surface area contributed by atoms with Gasteiger partial charge in [-0.3, -0.25) is 0 Å². The molecule has 2 heterocycles. The SMILES string of the molecule is CC(C1CCCO1)n1ncc(Cl)c1N. The van der Waals surface area contributed by atoms with E-state index in [-0.39, 0.29) is 12.1 Å². The first-order valence-corrected chi connectivity index (χ1v) is 5.18. The van der Waals surface area contributed by atoms with Gasteiger partial charge in [0.05, 0.1) is 18.3 Å². The van der Waals surface area contributed by atoms with E-state index in [0.29, 0.717) is 10.8 Å². The third kappa shape index (κ3) is 1.60. The maximum Gasteiger partial charge on any atom is 0.141 e. The van der Waals surface area contributed by atoms with E-state index >= 15 is 0 Å². The molecule has 2 unspecified atom stereocenters. The average Bonchev–Trinajstić information content (AvgIpc) is 2.77. The van der Waals surface area contributed by atoms with Crippen molar-refractivity contribution in [2.24, 2.45) is 0 Å². The van der Waals surface area contributed by atoms with Crippen LogP contribution in [0.25, 0.3) is 0 Å². The number of nitrogen functional groups attached to an aromatic ring is 1. The Bertz CT molecular complexity index is 320. The molecule has 0 aliphatic carbocycles. The zero-order chi connectivity index (χ0) is 10.1. The van der Waals surface area contributed by atoms with Crippen molar-refractivity contribution in [3.63, 3.8) is 0 Å². The number of nitrogens with zero attached hydrogens (tertiary/aromatic N) is 2. The van der Waals surface area contributed by atoms with Gasteiger partial charge in [-0.15, -0.1) is 0 Å². The van der Waals surface area contributed by atoms with E-state index < -0.39 is 0 Å². The molecular formula is C9H14ClN3O. The number of hydrogen-bond donors (Lipinski definition) is 1. The second kappa shape index (κ2) is 3.79. The van der Waals surface area contributed by atoms with Gasteiger partial charge in [0.25, 0.3) is 0 Å². The summed E-state index contributed by atoms with van der Waals surface area (Å²) in [7, 11) is 0. The maximum atomic E-state index is 5.83. The van der Waals surface area contributed by atoms with Crippen molar-refractivity contribution in [3.8, 4) is 0 Å². The van der Waals surface area contributed by atoms with Crippen LogP contribution in [0.15, 0.2) is 6.20 Å². The molecule has 78 valence electrons. The zero-order valence-electron chi connectivity index (χ0n) is 8.11. The molecular weight excluding hydrogens is 202 g/mol. The van der Waals surface area contributed by atoms with Crippen LogP contribution in [0.3, 0.4) is 0 Å². The molecule has 1 fully saturated rings. The number of aromatic nitrogens is 2. The van der Waals surface area contributed by atoms with E-state index in [1.165, 1.54) is 0 Å². The van der Waals surface area contributed by atoms with Gasteiger partial charge >= 0.3 is 0 Å². The molecule has 0 saturated carbocycles. The average molecular weight is 216 g/mol. The second-order valence-electron chi connectivity index (χ2n) is 3.61. The number of halogens is 1. The first kappa shape index (κ1) is 9.80. The summed E-state index contributed by atoms with van der Waals surface area (Å²) >= 11 is 5.83. The number of ether oxygens (including phenoxy) is 1. The number of rotatable bonds is 2. The molecule has 5 heteroatoms. The van der Waals surface area contributed by atoms with E-state index in [0.717, 1.165) is 19.4 Å². The Hall–Kier alpha value is -0.740. The summed E-state index contributed by atoms with van der Waals surface area (Å²) in [6, 6.07) is 0.157. The van der Waals surface area contributed by atoms with E-state index in [4.69, 9.17) is 22.1 Å². The van der Waals surface area contributed by atoms with E-state index in [1.54, 1.807) is 10.9 Å². The largest absolute Gasteiger partial charge is 0.383 e. The third-order valence-corrected chi connectivity index (χ3v) is 2.97. The predicted octanol–water partition coefficient (Wildman–Crippen LogP) is 1.86. The zero-order valence-corrected chi connectivity index (χ0v) is 8.87. The van der Waals surface area contributed by atoms with Crippen LogP contribution < -0.4 is 5.73 Å². The van der Waals surface area contributed by atoms with Gasteiger partial charge in [0.2, 0.25) is 0 Å². The molecule has 0 radical (unpaired) electrons. The number of nitrogens with two attached hydrogens (primary N) is 1. The van der Waals surface area contributed by atoms with Crippen LogP contribution in [0.5, 0.6) is 0 Å². The summed E-state index contributed by atoms with van der Waals surface area (Å²) in [5.74, 6) is 0.523. The Morgan fingerprint density at radius 3 is 3.07 bits per heavy atom. The Labute approximate surface area is 88.0 Å². The van der Waals surface area contributed by atoms with Gasteiger partial charge in [-0.25, -0.2) is 4.68 Å². The molecule has 1 aromatic rings. The molecule has 0 amide bonds. The Morgan fingerprint density at radius 1 is 1.79 bits per heavy atom. The molecule has 1 aliphatic rings. The minimum Gasteiger partial charge on any atom is -0.383 e. The molecule has 14 heavy (non-hydrogen) atoms. The first-order valence-electron chi connectivity index (χ1n) is 4.80. The van der Waals surface area contributed by atoms with Gasteiger partial charge in [0.1, 0.15) is 10.8 Å². The Kier molecular flexibility index (Phi) is 2.65. The summed E-state index contributed by atoms with van der Waals surface area (Å²) in [5, 5.41) is 4.65. The molecule has 1 aromatic heterocycles. The highest BCUT2D eigenvalue weighted by Crippen LogP contribution is 2.28. The molecule has 0 aromatic carbocycles. The van der Waals surface area contributed by atoms with Crippen LogP contribution in [0.4, 0.5) is 5.82 Å². The van der Waals surface area contributed by atoms with Gasteiger partial charge in [-0.05, 0) is 19.8 Å². The van der Waals surface area contributed by atoms with Gasteiger partial charge in [-0.2, -0.15) is 5.10 Å². The van der Waals surface area contributed by atoms with Gasteiger partial charge in [0.15, 0.2) is 0 Å². The predicted molar refractivity (Wildman–Crippen MR) is 55.3 cm³/mol. The monoisotopic (exact) mass is 215 g/mol. The van der Waals surface area contributed by atoms with Crippen LogP contribution in [0, 0.1) is 0 Å². The minimum atomic E-state index is 0.157. The van der Waals surface area contributed by atoms with E-state index in [2.05, 4.69) is 12.0 Å². The van der Waals surface area contributed by atoms with Crippen LogP contribution >= 0.6 is 11.6 Å². The molecule has 1 aliphatic heterocycles. The second-order valence-corrected chi connectivity index (χ2v) is 4.02. The molecule has 2 rings (SSSR count). The molecule has 0 bridgehead atoms. The summed E-state index contributed by atoms with van der Waals surface area (Å²) in [6.07, 6.45) is 3.97. The normalized spacial score (nSPS) is 24.0. The molecule has 2 atom stereocenters. The lowest BCUT2D eigenvalue weighted by atomic mass is 10.1. The highest BCUT2D eigenvalue weighted by Gasteiger charge is 2.25. The number of hydrogen-bond acceptors (Lipinski definition) is 3. The maximum absolute atomic E-state index is 5.83. The van der Waals surface area contributed by atoms with Crippen molar-refractivity contribution in [2.45, 2.75) is 31.9 Å². The van der Waals surface area contributed by atoms with Gasteiger partial charge < -0.3 is 10.5 Å².